The number of benzene rings is 1. The number of nitrogens with one attached hydrogen (secondary N) is 1. The van der Waals surface area contributed by atoms with Crippen LogP contribution in [0.15, 0.2) is 29.2 Å². The average Bonchev–Trinajstić information content (AvgIpc) is 3.28. The van der Waals surface area contributed by atoms with Crippen LogP contribution in [0.4, 0.5) is 5.69 Å². The molecule has 5 nitrogen and oxygen atoms in total. The van der Waals surface area contributed by atoms with Gasteiger partial charge in [0.25, 0.3) is 0 Å². The number of amides is 2. The summed E-state index contributed by atoms with van der Waals surface area (Å²) in [6.45, 7) is 1.59. The smallest absolute Gasteiger partial charge is 0.244 e. The van der Waals surface area contributed by atoms with E-state index in [1.807, 2.05) is 30.5 Å². The molecule has 1 atom stereocenters. The molecule has 1 aliphatic carbocycles. The molecule has 1 aliphatic heterocycles. The van der Waals surface area contributed by atoms with E-state index in [4.69, 9.17) is 4.74 Å². The summed E-state index contributed by atoms with van der Waals surface area (Å²) in [7, 11) is 1.72. The minimum absolute atomic E-state index is 0.0673. The third-order valence-corrected chi connectivity index (χ3v) is 5.91. The first kappa shape index (κ1) is 17.3. The van der Waals surface area contributed by atoms with Gasteiger partial charge in [-0.3, -0.25) is 9.59 Å². The van der Waals surface area contributed by atoms with Gasteiger partial charge in [0.2, 0.25) is 11.8 Å². The van der Waals surface area contributed by atoms with Crippen LogP contribution < -0.4 is 5.32 Å². The molecular weight excluding hydrogens is 324 g/mol. The van der Waals surface area contributed by atoms with Crippen molar-refractivity contribution in [3.05, 3.63) is 24.3 Å². The Morgan fingerprint density at radius 1 is 1.33 bits per heavy atom. The Bertz CT molecular complexity index is 628. The Balaban J connectivity index is 1.54. The zero-order chi connectivity index (χ0) is 17.2. The zero-order valence-corrected chi connectivity index (χ0v) is 15.0. The highest BCUT2D eigenvalue weighted by Gasteiger charge is 2.58. The normalized spacial score (nSPS) is 21.3. The highest BCUT2D eigenvalue weighted by atomic mass is 32.2. The standard InChI is InChI=1S/C18H24N2O3S/c1-20(17(22)13-11-18(13)7-9-23-10-8-18)12-16(21)19-14-5-3-4-6-15(14)24-2/h3-6,13H,7-12H2,1-2H3,(H,19,21)/t13-/m0/s1. The van der Waals surface area contributed by atoms with Gasteiger partial charge in [0.15, 0.2) is 0 Å². The summed E-state index contributed by atoms with van der Waals surface area (Å²) in [5.41, 5.74) is 0.939. The molecule has 0 aromatic heterocycles. The summed E-state index contributed by atoms with van der Waals surface area (Å²) in [5.74, 6) is -0.00286. The van der Waals surface area contributed by atoms with E-state index >= 15 is 0 Å². The van der Waals surface area contributed by atoms with E-state index in [9.17, 15) is 9.59 Å². The number of nitrogens with zero attached hydrogens (tertiary/aromatic N) is 1. The summed E-state index contributed by atoms with van der Waals surface area (Å²) in [6.07, 6.45) is 4.84. The Morgan fingerprint density at radius 3 is 2.75 bits per heavy atom. The van der Waals surface area contributed by atoms with E-state index < -0.39 is 0 Å². The van der Waals surface area contributed by atoms with Crippen molar-refractivity contribution >= 4 is 29.3 Å². The first-order valence-corrected chi connectivity index (χ1v) is 9.54. The van der Waals surface area contributed by atoms with Crippen molar-refractivity contribution in [1.82, 2.24) is 4.90 Å². The molecule has 1 spiro atoms. The quantitative estimate of drug-likeness (QED) is 0.831. The topological polar surface area (TPSA) is 58.6 Å². The summed E-state index contributed by atoms with van der Waals surface area (Å²) in [5, 5.41) is 2.90. The molecule has 2 fully saturated rings. The molecule has 1 N–H and O–H groups in total. The van der Waals surface area contributed by atoms with Crippen LogP contribution in [0.25, 0.3) is 0 Å². The third kappa shape index (κ3) is 3.59. The van der Waals surface area contributed by atoms with Gasteiger partial charge in [0, 0.05) is 31.1 Å². The Hall–Kier alpha value is -1.53. The number of thioether (sulfide) groups is 1. The highest BCUT2D eigenvalue weighted by Crippen LogP contribution is 2.59. The summed E-state index contributed by atoms with van der Waals surface area (Å²) in [6, 6.07) is 7.68. The van der Waals surface area contributed by atoms with Gasteiger partial charge in [-0.2, -0.15) is 0 Å². The molecule has 6 heteroatoms. The lowest BCUT2D eigenvalue weighted by Gasteiger charge is -2.24. The lowest BCUT2D eigenvalue weighted by atomic mass is 9.93. The first-order chi connectivity index (χ1) is 11.6. The summed E-state index contributed by atoms with van der Waals surface area (Å²) in [4.78, 5) is 27.4. The van der Waals surface area contributed by atoms with Crippen molar-refractivity contribution in [2.24, 2.45) is 11.3 Å². The molecular formula is C18H24N2O3S. The van der Waals surface area contributed by atoms with E-state index in [-0.39, 0.29) is 29.7 Å². The van der Waals surface area contributed by atoms with Crippen molar-refractivity contribution in [2.75, 3.05) is 38.4 Å². The zero-order valence-electron chi connectivity index (χ0n) is 14.2. The number of rotatable bonds is 5. The van der Waals surface area contributed by atoms with Crippen molar-refractivity contribution in [2.45, 2.75) is 24.2 Å². The molecule has 3 rings (SSSR count). The molecule has 1 heterocycles. The number of hydrogen-bond acceptors (Lipinski definition) is 4. The summed E-state index contributed by atoms with van der Waals surface area (Å²) >= 11 is 1.59. The SMILES string of the molecule is CSc1ccccc1NC(=O)CN(C)C(=O)[C@@H]1CC12CCOCC2. The second-order valence-corrected chi connectivity index (χ2v) is 7.52. The maximum atomic E-state index is 12.6. The molecule has 24 heavy (non-hydrogen) atoms. The van der Waals surface area contributed by atoms with Crippen molar-refractivity contribution < 1.29 is 14.3 Å². The first-order valence-electron chi connectivity index (χ1n) is 8.31. The van der Waals surface area contributed by atoms with E-state index in [0.717, 1.165) is 43.1 Å². The van der Waals surface area contributed by atoms with Crippen LogP contribution in [0.1, 0.15) is 19.3 Å². The molecule has 1 aromatic carbocycles. The van der Waals surface area contributed by atoms with Gasteiger partial charge in [-0.25, -0.2) is 0 Å². The summed E-state index contributed by atoms with van der Waals surface area (Å²) < 4.78 is 5.40. The van der Waals surface area contributed by atoms with Crippen molar-refractivity contribution in [3.63, 3.8) is 0 Å². The Labute approximate surface area is 147 Å². The molecule has 130 valence electrons. The van der Waals surface area contributed by atoms with E-state index in [1.165, 1.54) is 0 Å². The van der Waals surface area contributed by atoms with Crippen LogP contribution in [0.3, 0.4) is 0 Å². The molecule has 1 saturated carbocycles. The van der Waals surface area contributed by atoms with Gasteiger partial charge in [-0.05, 0) is 43.1 Å². The number of anilines is 1. The van der Waals surface area contributed by atoms with Gasteiger partial charge >= 0.3 is 0 Å². The van der Waals surface area contributed by atoms with Gasteiger partial charge in [0.05, 0.1) is 12.2 Å². The van der Waals surface area contributed by atoms with Crippen molar-refractivity contribution in [3.8, 4) is 0 Å². The van der Waals surface area contributed by atoms with E-state index in [1.54, 1.807) is 23.7 Å². The number of likely N-dealkylation sites (N-methyl/N-ethyl adjacent to an activating group) is 1. The van der Waals surface area contributed by atoms with Crippen LogP contribution in [-0.4, -0.2) is 49.8 Å². The van der Waals surface area contributed by atoms with Gasteiger partial charge in [0.1, 0.15) is 0 Å². The lowest BCUT2D eigenvalue weighted by Crippen LogP contribution is -2.37. The van der Waals surface area contributed by atoms with E-state index in [2.05, 4.69) is 5.32 Å². The number of carbonyl (C=O) groups is 2. The fourth-order valence-electron chi connectivity index (χ4n) is 3.52. The maximum Gasteiger partial charge on any atom is 0.244 e. The van der Waals surface area contributed by atoms with Crippen LogP contribution in [-0.2, 0) is 14.3 Å². The molecule has 0 unspecified atom stereocenters. The minimum Gasteiger partial charge on any atom is -0.381 e. The average molecular weight is 348 g/mol. The number of carbonyl (C=O) groups excluding carboxylic acids is 2. The monoisotopic (exact) mass is 348 g/mol. The van der Waals surface area contributed by atoms with E-state index in [0.29, 0.717) is 0 Å². The Kier molecular flexibility index (Phi) is 5.15. The molecule has 0 radical (unpaired) electrons. The second-order valence-electron chi connectivity index (χ2n) is 6.67. The fourth-order valence-corrected chi connectivity index (χ4v) is 4.08. The number of ether oxygens (including phenoxy) is 1. The molecule has 2 amide bonds. The predicted octanol–water partition coefficient (Wildman–Crippen LogP) is 2.62. The molecule has 1 aromatic rings. The van der Waals surface area contributed by atoms with Crippen molar-refractivity contribution in [1.29, 1.82) is 0 Å². The van der Waals surface area contributed by atoms with Gasteiger partial charge < -0.3 is 15.0 Å². The third-order valence-electron chi connectivity index (χ3n) is 5.11. The maximum absolute atomic E-state index is 12.6. The lowest BCUT2D eigenvalue weighted by molar-refractivity contribution is -0.135. The van der Waals surface area contributed by atoms with Gasteiger partial charge in [-0.15, -0.1) is 11.8 Å². The molecule has 0 bridgehead atoms. The molecule has 2 aliphatic rings. The van der Waals surface area contributed by atoms with Crippen LogP contribution in [0.5, 0.6) is 0 Å². The Morgan fingerprint density at radius 2 is 2.04 bits per heavy atom. The van der Waals surface area contributed by atoms with Crippen LogP contribution >= 0.6 is 11.8 Å². The fraction of sp³-hybridized carbons (Fsp3) is 0.556. The number of hydrogen-bond donors (Lipinski definition) is 1. The minimum atomic E-state index is -0.158. The van der Waals surface area contributed by atoms with Crippen LogP contribution in [0.2, 0.25) is 0 Å². The molecule has 1 saturated heterocycles. The van der Waals surface area contributed by atoms with Crippen LogP contribution in [0, 0.1) is 11.3 Å². The second kappa shape index (κ2) is 7.15. The predicted molar refractivity (Wildman–Crippen MR) is 95.1 cm³/mol. The number of para-hydroxylation sites is 1. The van der Waals surface area contributed by atoms with Gasteiger partial charge in [-0.1, -0.05) is 12.1 Å². The largest absolute Gasteiger partial charge is 0.381 e. The highest BCUT2D eigenvalue weighted by molar-refractivity contribution is 7.98.